The average Bonchev–Trinajstić information content (AvgIpc) is 3.01. The molecule has 0 aliphatic heterocycles. The summed E-state index contributed by atoms with van der Waals surface area (Å²) in [4.78, 5) is 0.0334. The van der Waals surface area contributed by atoms with Gasteiger partial charge in [-0.2, -0.15) is 0 Å². The predicted molar refractivity (Wildman–Crippen MR) is 95.3 cm³/mol. The van der Waals surface area contributed by atoms with Crippen LogP contribution in [0.1, 0.15) is 0 Å². The molecule has 0 spiro atoms. The Labute approximate surface area is 150 Å². The summed E-state index contributed by atoms with van der Waals surface area (Å²) in [7, 11) is -0.590. The van der Waals surface area contributed by atoms with E-state index in [4.69, 9.17) is 16.3 Å². The quantitative estimate of drug-likeness (QED) is 0.737. The van der Waals surface area contributed by atoms with Crippen LogP contribution < -0.4 is 9.46 Å². The maximum Gasteiger partial charge on any atom is 0.261 e. The van der Waals surface area contributed by atoms with Crippen molar-refractivity contribution >= 4 is 27.3 Å². The minimum atomic E-state index is -3.83. The standard InChI is InChI=1S/C16H15ClN4O3S/c1-21-10-18-19-16(21)12-5-3-4-6-14(12)20-25(22,23)11-7-8-15(24-2)13(17)9-11/h3-10,20H,1-2H3. The number of halogens is 1. The van der Waals surface area contributed by atoms with Crippen molar-refractivity contribution in [2.75, 3.05) is 11.8 Å². The fraction of sp³-hybridized carbons (Fsp3) is 0.125. The Morgan fingerprint density at radius 2 is 1.96 bits per heavy atom. The molecule has 0 radical (unpaired) electrons. The summed E-state index contributed by atoms with van der Waals surface area (Å²) in [5.74, 6) is 0.950. The number of anilines is 1. The highest BCUT2D eigenvalue weighted by atomic mass is 35.5. The van der Waals surface area contributed by atoms with Crippen LogP contribution in [-0.4, -0.2) is 30.3 Å². The number of sulfonamides is 1. The molecule has 0 saturated heterocycles. The van der Waals surface area contributed by atoms with E-state index >= 15 is 0 Å². The number of para-hydroxylation sites is 1. The van der Waals surface area contributed by atoms with E-state index < -0.39 is 10.0 Å². The number of hydrogen-bond acceptors (Lipinski definition) is 5. The SMILES string of the molecule is COc1ccc(S(=O)(=O)Nc2ccccc2-c2nncn2C)cc1Cl. The summed E-state index contributed by atoms with van der Waals surface area (Å²) >= 11 is 6.03. The molecule has 0 unspecified atom stereocenters. The van der Waals surface area contributed by atoms with Gasteiger partial charge in [-0.1, -0.05) is 23.7 Å². The molecule has 0 bridgehead atoms. The zero-order valence-corrected chi connectivity index (χ0v) is 15.0. The number of nitrogens with one attached hydrogen (secondary N) is 1. The summed E-state index contributed by atoms with van der Waals surface area (Å²) < 4.78 is 34.7. The van der Waals surface area contributed by atoms with E-state index in [1.54, 1.807) is 42.2 Å². The van der Waals surface area contributed by atoms with Gasteiger partial charge in [0.25, 0.3) is 10.0 Å². The fourth-order valence-electron chi connectivity index (χ4n) is 2.31. The first-order valence-corrected chi connectivity index (χ1v) is 9.08. The van der Waals surface area contributed by atoms with Crippen LogP contribution in [0.25, 0.3) is 11.4 Å². The van der Waals surface area contributed by atoms with E-state index in [1.807, 2.05) is 0 Å². The summed E-state index contributed by atoms with van der Waals surface area (Å²) in [6.45, 7) is 0. The summed E-state index contributed by atoms with van der Waals surface area (Å²) in [6, 6.07) is 11.2. The lowest BCUT2D eigenvalue weighted by atomic mass is 10.2. The second-order valence-electron chi connectivity index (χ2n) is 5.21. The lowest BCUT2D eigenvalue weighted by molar-refractivity contribution is 0.414. The molecule has 1 aromatic heterocycles. The van der Waals surface area contributed by atoms with Crippen molar-refractivity contribution in [3.05, 3.63) is 53.8 Å². The molecular weight excluding hydrogens is 364 g/mol. The first-order chi connectivity index (χ1) is 11.9. The zero-order chi connectivity index (χ0) is 18.0. The number of ether oxygens (including phenoxy) is 1. The van der Waals surface area contributed by atoms with Gasteiger partial charge in [0.1, 0.15) is 12.1 Å². The Balaban J connectivity index is 2.00. The molecule has 0 aliphatic carbocycles. The molecule has 25 heavy (non-hydrogen) atoms. The number of methoxy groups -OCH3 is 1. The molecule has 9 heteroatoms. The Bertz CT molecular complexity index is 1020. The number of aryl methyl sites for hydroxylation is 1. The van der Waals surface area contributed by atoms with Gasteiger partial charge in [-0.15, -0.1) is 10.2 Å². The van der Waals surface area contributed by atoms with Crippen LogP contribution in [-0.2, 0) is 17.1 Å². The minimum Gasteiger partial charge on any atom is -0.495 e. The van der Waals surface area contributed by atoms with Crippen LogP contribution in [0.3, 0.4) is 0 Å². The van der Waals surface area contributed by atoms with Gasteiger partial charge in [-0.3, -0.25) is 4.72 Å². The summed E-state index contributed by atoms with van der Waals surface area (Å²) in [5, 5.41) is 8.07. The van der Waals surface area contributed by atoms with Gasteiger partial charge in [0.05, 0.1) is 22.7 Å². The molecule has 0 atom stereocenters. The van der Waals surface area contributed by atoms with E-state index in [0.717, 1.165) is 0 Å². The third-order valence-electron chi connectivity index (χ3n) is 3.56. The van der Waals surface area contributed by atoms with Gasteiger partial charge in [-0.05, 0) is 30.3 Å². The molecule has 0 fully saturated rings. The normalized spacial score (nSPS) is 11.3. The van der Waals surface area contributed by atoms with Gasteiger partial charge in [0, 0.05) is 12.6 Å². The molecule has 3 aromatic rings. The zero-order valence-electron chi connectivity index (χ0n) is 13.5. The van der Waals surface area contributed by atoms with Crippen molar-refractivity contribution in [2.24, 2.45) is 7.05 Å². The third kappa shape index (κ3) is 3.45. The van der Waals surface area contributed by atoms with Crippen molar-refractivity contribution in [1.29, 1.82) is 0 Å². The number of hydrogen-bond donors (Lipinski definition) is 1. The Morgan fingerprint density at radius 3 is 2.60 bits per heavy atom. The number of benzene rings is 2. The molecule has 2 aromatic carbocycles. The molecule has 1 heterocycles. The van der Waals surface area contributed by atoms with Gasteiger partial charge >= 0.3 is 0 Å². The topological polar surface area (TPSA) is 86.1 Å². The molecule has 0 aliphatic rings. The average molecular weight is 379 g/mol. The van der Waals surface area contributed by atoms with E-state index in [2.05, 4.69) is 14.9 Å². The fourth-order valence-corrected chi connectivity index (χ4v) is 3.74. The van der Waals surface area contributed by atoms with Crippen molar-refractivity contribution < 1.29 is 13.2 Å². The van der Waals surface area contributed by atoms with Crippen molar-refractivity contribution in [2.45, 2.75) is 4.90 Å². The number of nitrogens with zero attached hydrogens (tertiary/aromatic N) is 3. The number of rotatable bonds is 5. The molecule has 0 saturated carbocycles. The third-order valence-corrected chi connectivity index (χ3v) is 5.22. The van der Waals surface area contributed by atoms with Crippen LogP contribution in [0.4, 0.5) is 5.69 Å². The molecule has 1 N–H and O–H groups in total. The predicted octanol–water partition coefficient (Wildman–Crippen LogP) is 2.94. The lowest BCUT2D eigenvalue weighted by Crippen LogP contribution is -2.14. The maximum atomic E-state index is 12.7. The van der Waals surface area contributed by atoms with Gasteiger partial charge in [0.2, 0.25) is 0 Å². The minimum absolute atomic E-state index is 0.0334. The second-order valence-corrected chi connectivity index (χ2v) is 7.30. The second kappa shape index (κ2) is 6.73. The van der Waals surface area contributed by atoms with Crippen LogP contribution >= 0.6 is 11.6 Å². The summed E-state index contributed by atoms with van der Waals surface area (Å²) in [5.41, 5.74) is 1.01. The monoisotopic (exact) mass is 378 g/mol. The van der Waals surface area contributed by atoms with Crippen molar-refractivity contribution in [3.63, 3.8) is 0 Å². The Morgan fingerprint density at radius 1 is 1.20 bits per heavy atom. The van der Waals surface area contributed by atoms with E-state index in [9.17, 15) is 8.42 Å². The van der Waals surface area contributed by atoms with Gasteiger partial charge in [0.15, 0.2) is 5.82 Å². The summed E-state index contributed by atoms with van der Waals surface area (Å²) in [6.07, 6.45) is 1.55. The van der Waals surface area contributed by atoms with Crippen molar-refractivity contribution in [3.8, 4) is 17.1 Å². The van der Waals surface area contributed by atoms with E-state index in [-0.39, 0.29) is 9.92 Å². The molecule has 0 amide bonds. The lowest BCUT2D eigenvalue weighted by Gasteiger charge is -2.13. The molecule has 7 nitrogen and oxygen atoms in total. The Kier molecular flexibility index (Phi) is 4.65. The number of aromatic nitrogens is 3. The van der Waals surface area contributed by atoms with Gasteiger partial charge in [-0.25, -0.2) is 8.42 Å². The highest BCUT2D eigenvalue weighted by molar-refractivity contribution is 7.92. The molecule has 3 rings (SSSR count). The first kappa shape index (κ1) is 17.2. The van der Waals surface area contributed by atoms with Crippen LogP contribution in [0.15, 0.2) is 53.7 Å². The van der Waals surface area contributed by atoms with Crippen LogP contribution in [0.2, 0.25) is 5.02 Å². The van der Waals surface area contributed by atoms with Crippen LogP contribution in [0.5, 0.6) is 5.75 Å². The first-order valence-electron chi connectivity index (χ1n) is 7.22. The molecule has 130 valence electrons. The van der Waals surface area contributed by atoms with Crippen molar-refractivity contribution in [1.82, 2.24) is 14.8 Å². The van der Waals surface area contributed by atoms with Gasteiger partial charge < -0.3 is 9.30 Å². The highest BCUT2D eigenvalue weighted by Gasteiger charge is 2.19. The smallest absolute Gasteiger partial charge is 0.261 e. The van der Waals surface area contributed by atoms with E-state index in [1.165, 1.54) is 25.3 Å². The maximum absolute atomic E-state index is 12.7. The Hall–Kier alpha value is -2.58. The molecular formula is C16H15ClN4O3S. The largest absolute Gasteiger partial charge is 0.495 e. The van der Waals surface area contributed by atoms with E-state index in [0.29, 0.717) is 22.8 Å². The van der Waals surface area contributed by atoms with Crippen LogP contribution in [0, 0.1) is 0 Å². The highest BCUT2D eigenvalue weighted by Crippen LogP contribution is 2.30.